The minimum absolute atomic E-state index is 0.0525. The van der Waals surface area contributed by atoms with Crippen LogP contribution in [0, 0.1) is 22.2 Å². The van der Waals surface area contributed by atoms with E-state index >= 15 is 0 Å². The third-order valence-electron chi connectivity index (χ3n) is 8.32. The summed E-state index contributed by atoms with van der Waals surface area (Å²) in [7, 11) is -4.11. The van der Waals surface area contributed by atoms with Crippen molar-refractivity contribution < 1.29 is 35.9 Å². The van der Waals surface area contributed by atoms with Gasteiger partial charge in [-0.05, 0) is 62.8 Å². The Morgan fingerprint density at radius 3 is 2.27 bits per heavy atom. The van der Waals surface area contributed by atoms with Gasteiger partial charge in [-0.2, -0.15) is 18.4 Å². The number of sulfone groups is 1. The molecule has 212 valence electrons. The summed E-state index contributed by atoms with van der Waals surface area (Å²) in [4.78, 5) is 27.2. The first-order valence-electron chi connectivity index (χ1n) is 13.3. The van der Waals surface area contributed by atoms with Crippen molar-refractivity contribution >= 4 is 21.5 Å². The summed E-state index contributed by atoms with van der Waals surface area (Å²) < 4.78 is 74.4. The molecule has 11 heteroatoms. The third kappa shape index (κ3) is 4.87. The molecule has 7 nitrogen and oxygen atoms in total. The van der Waals surface area contributed by atoms with Gasteiger partial charge < -0.3 is 9.64 Å². The van der Waals surface area contributed by atoms with Gasteiger partial charge in [-0.15, -0.1) is 0 Å². The maximum Gasteiger partial charge on any atom is 0.403 e. The fraction of sp³-hybridized carbons (Fsp3) is 0.483. The van der Waals surface area contributed by atoms with Gasteiger partial charge in [0.1, 0.15) is 11.2 Å². The number of ether oxygens (including phenoxy) is 1. The molecule has 2 saturated carbocycles. The molecule has 0 spiro atoms. The average Bonchev–Trinajstić information content (AvgIpc) is 3.85. The predicted octanol–water partition coefficient (Wildman–Crippen LogP) is 5.10. The quantitative estimate of drug-likeness (QED) is 0.413. The molecule has 40 heavy (non-hydrogen) atoms. The van der Waals surface area contributed by atoms with E-state index in [9.17, 15) is 36.4 Å². The largest absolute Gasteiger partial charge is 0.493 e. The molecule has 1 saturated heterocycles. The number of hydrogen-bond donors (Lipinski definition) is 0. The van der Waals surface area contributed by atoms with Crippen molar-refractivity contribution in [1.82, 2.24) is 4.90 Å². The Balaban J connectivity index is 1.42. The average molecular weight is 575 g/mol. The smallest absolute Gasteiger partial charge is 0.403 e. The lowest BCUT2D eigenvalue weighted by Gasteiger charge is -2.29. The van der Waals surface area contributed by atoms with Crippen molar-refractivity contribution in [3.8, 4) is 22.9 Å². The van der Waals surface area contributed by atoms with E-state index in [-0.39, 0.29) is 17.7 Å². The van der Waals surface area contributed by atoms with Crippen molar-refractivity contribution in [1.29, 1.82) is 5.26 Å². The van der Waals surface area contributed by atoms with Crippen LogP contribution in [0.5, 0.6) is 5.75 Å². The van der Waals surface area contributed by atoms with Crippen molar-refractivity contribution in [2.45, 2.75) is 67.8 Å². The standard InChI is InChI=1S/C29H29F3N2O5S/c1-2-39-25-6-4-3-5-22(25)19-7-9-20(10-8-19)40(37,38)21-15-23(24(35)16-27(18-33)11-12-27)34(17-21)26(36)28(13-14-28)29(30,31)32/h3-10,21,23H,2,11-17H2,1H3/t21-,23+/m1/s1. The predicted molar refractivity (Wildman–Crippen MR) is 139 cm³/mol. The van der Waals surface area contributed by atoms with E-state index in [0.717, 1.165) is 10.5 Å². The lowest BCUT2D eigenvalue weighted by Crippen LogP contribution is -2.49. The molecule has 0 bridgehead atoms. The number of Topliss-reactive ketones (excluding diaryl/α,β-unsaturated/α-hetero) is 1. The number of carbonyl (C=O) groups excluding carboxylic acids is 2. The van der Waals surface area contributed by atoms with Gasteiger partial charge in [0.15, 0.2) is 15.6 Å². The molecular formula is C29H29F3N2O5S. The Morgan fingerprint density at radius 1 is 1.07 bits per heavy atom. The molecule has 3 aliphatic rings. The maximum atomic E-state index is 13.8. The summed E-state index contributed by atoms with van der Waals surface area (Å²) in [5.41, 5.74) is -1.97. The van der Waals surface area contributed by atoms with Crippen LogP contribution in [0.15, 0.2) is 53.4 Å². The van der Waals surface area contributed by atoms with Crippen LogP contribution in [0.1, 0.15) is 45.4 Å². The highest BCUT2D eigenvalue weighted by atomic mass is 32.2. The lowest BCUT2D eigenvalue weighted by atomic mass is 9.95. The number of halogens is 3. The number of ketones is 1. The van der Waals surface area contributed by atoms with Crippen LogP contribution >= 0.6 is 0 Å². The second kappa shape index (κ2) is 9.91. The molecule has 5 rings (SSSR count). The van der Waals surface area contributed by atoms with E-state index in [2.05, 4.69) is 6.07 Å². The van der Waals surface area contributed by atoms with E-state index in [1.54, 1.807) is 18.2 Å². The van der Waals surface area contributed by atoms with Crippen LogP contribution in [0.3, 0.4) is 0 Å². The fourth-order valence-electron chi connectivity index (χ4n) is 5.50. The lowest BCUT2D eigenvalue weighted by molar-refractivity contribution is -0.199. The number of benzene rings is 2. The first-order valence-corrected chi connectivity index (χ1v) is 14.8. The molecule has 2 aromatic carbocycles. The topological polar surface area (TPSA) is 105 Å². The Bertz CT molecular complexity index is 1470. The Labute approximate surface area is 230 Å². The highest BCUT2D eigenvalue weighted by molar-refractivity contribution is 7.92. The number of nitrogens with zero attached hydrogens (tertiary/aromatic N) is 2. The number of para-hydroxylation sites is 1. The molecule has 1 amide bonds. The Morgan fingerprint density at radius 2 is 1.73 bits per heavy atom. The van der Waals surface area contributed by atoms with E-state index in [1.165, 1.54) is 12.1 Å². The second-order valence-electron chi connectivity index (χ2n) is 10.9. The molecular weight excluding hydrogens is 545 g/mol. The van der Waals surface area contributed by atoms with Crippen LogP contribution in [0.25, 0.3) is 11.1 Å². The minimum Gasteiger partial charge on any atom is -0.493 e. The number of alkyl halides is 3. The summed E-state index contributed by atoms with van der Waals surface area (Å²) in [5.74, 6) is -1.18. The molecule has 0 radical (unpaired) electrons. The normalized spacial score (nSPS) is 22.8. The van der Waals surface area contributed by atoms with Crippen molar-refractivity contribution in [2.75, 3.05) is 13.2 Å². The van der Waals surface area contributed by atoms with Gasteiger partial charge in [-0.1, -0.05) is 30.3 Å². The van der Waals surface area contributed by atoms with Crippen LogP contribution in [-0.2, 0) is 19.4 Å². The number of nitriles is 1. The van der Waals surface area contributed by atoms with Crippen molar-refractivity contribution in [3.63, 3.8) is 0 Å². The van der Waals surface area contributed by atoms with Crippen molar-refractivity contribution in [3.05, 3.63) is 48.5 Å². The molecule has 2 aliphatic carbocycles. The summed E-state index contributed by atoms with van der Waals surface area (Å²) in [5, 5.41) is 8.16. The summed E-state index contributed by atoms with van der Waals surface area (Å²) in [6.07, 6.45) is -5.12. The molecule has 1 heterocycles. The van der Waals surface area contributed by atoms with Gasteiger partial charge in [-0.25, -0.2) is 8.42 Å². The van der Waals surface area contributed by atoms with Gasteiger partial charge in [-0.3, -0.25) is 9.59 Å². The first-order chi connectivity index (χ1) is 18.9. The molecule has 0 unspecified atom stereocenters. The monoisotopic (exact) mass is 574 g/mol. The summed E-state index contributed by atoms with van der Waals surface area (Å²) in [6, 6.07) is 14.1. The number of carbonyl (C=O) groups is 2. The summed E-state index contributed by atoms with van der Waals surface area (Å²) >= 11 is 0. The zero-order valence-electron chi connectivity index (χ0n) is 21.9. The Hall–Kier alpha value is -3.39. The zero-order valence-corrected chi connectivity index (χ0v) is 22.7. The van der Waals surface area contributed by atoms with Gasteiger partial charge in [0, 0.05) is 18.5 Å². The molecule has 3 fully saturated rings. The van der Waals surface area contributed by atoms with E-state index in [0.29, 0.717) is 30.8 Å². The van der Waals surface area contributed by atoms with Crippen LogP contribution in [0.4, 0.5) is 13.2 Å². The second-order valence-corrected chi connectivity index (χ2v) is 13.2. The van der Waals surface area contributed by atoms with E-state index < -0.39 is 69.2 Å². The first kappa shape index (κ1) is 28.1. The molecule has 2 aromatic rings. The molecule has 0 N–H and O–H groups in total. The number of amides is 1. The third-order valence-corrected chi connectivity index (χ3v) is 10.5. The molecule has 1 aliphatic heterocycles. The van der Waals surface area contributed by atoms with Gasteiger partial charge in [0.2, 0.25) is 5.91 Å². The zero-order chi connectivity index (χ0) is 28.9. The highest BCUT2D eigenvalue weighted by Crippen LogP contribution is 2.59. The fourth-order valence-corrected chi connectivity index (χ4v) is 7.20. The van der Waals surface area contributed by atoms with Gasteiger partial charge in [0.05, 0.1) is 34.3 Å². The van der Waals surface area contributed by atoms with E-state index in [4.69, 9.17) is 4.74 Å². The van der Waals surface area contributed by atoms with Gasteiger partial charge in [0.25, 0.3) is 0 Å². The maximum absolute atomic E-state index is 13.8. The SMILES string of the molecule is CCOc1ccccc1-c1ccc(S(=O)(=O)[C@@H]2C[C@@H](C(=O)CC3(C#N)CC3)N(C(=O)C3(C(F)(F)F)CC3)C2)cc1. The van der Waals surface area contributed by atoms with Crippen LogP contribution in [-0.4, -0.2) is 55.6 Å². The van der Waals surface area contributed by atoms with Crippen molar-refractivity contribution in [2.24, 2.45) is 10.8 Å². The minimum atomic E-state index is -4.80. The van der Waals surface area contributed by atoms with Gasteiger partial charge >= 0.3 is 6.18 Å². The number of rotatable bonds is 9. The van der Waals surface area contributed by atoms with Crippen LogP contribution in [0.2, 0.25) is 0 Å². The molecule has 0 aromatic heterocycles. The van der Waals surface area contributed by atoms with Crippen LogP contribution < -0.4 is 4.74 Å². The number of hydrogen-bond acceptors (Lipinski definition) is 6. The Kier molecular flexibility index (Phi) is 6.97. The molecule has 2 atom stereocenters. The summed E-state index contributed by atoms with van der Waals surface area (Å²) in [6.45, 7) is 1.79. The number of likely N-dealkylation sites (tertiary alicyclic amines) is 1. The highest BCUT2D eigenvalue weighted by Gasteiger charge is 2.70. The van der Waals surface area contributed by atoms with E-state index in [1.807, 2.05) is 25.1 Å².